The molecule has 1 fully saturated rings. The Kier molecular flexibility index (Phi) is 8.93. The first-order valence-electron chi connectivity index (χ1n) is 7.32. The van der Waals surface area contributed by atoms with E-state index in [4.69, 9.17) is 19.7 Å². The second-order valence-electron chi connectivity index (χ2n) is 5.09. The maximum absolute atomic E-state index is 9.75. The fourth-order valence-corrected chi connectivity index (χ4v) is 1.86. The predicted octanol–water partition coefficient (Wildman–Crippen LogP) is -2.89. The zero-order chi connectivity index (χ0) is 18.1. The molecule has 1 saturated heterocycles. The van der Waals surface area contributed by atoms with Crippen LogP contribution in [-0.4, -0.2) is 86.8 Å². The first kappa shape index (κ1) is 20.6. The Morgan fingerprint density at radius 2 is 1.75 bits per heavy atom. The summed E-state index contributed by atoms with van der Waals surface area (Å²) in [6.45, 7) is 2.74. The van der Waals surface area contributed by atoms with Gasteiger partial charge in [0, 0.05) is 6.42 Å². The van der Waals surface area contributed by atoms with Gasteiger partial charge in [0.2, 0.25) is 0 Å². The topological polar surface area (TPSA) is 140 Å². The minimum absolute atomic E-state index is 0.0543. The monoisotopic (exact) mass is 342 g/mol. The van der Waals surface area contributed by atoms with Gasteiger partial charge in [-0.3, -0.25) is 0 Å². The van der Waals surface area contributed by atoms with Crippen molar-refractivity contribution in [3.63, 3.8) is 0 Å². The van der Waals surface area contributed by atoms with Gasteiger partial charge in [0.25, 0.3) is 0 Å². The third kappa shape index (κ3) is 6.21. The molecular weight excluding hydrogens is 320 g/mol. The van der Waals surface area contributed by atoms with Gasteiger partial charge in [-0.2, -0.15) is 0 Å². The van der Waals surface area contributed by atoms with E-state index in [0.717, 1.165) is 0 Å². The van der Waals surface area contributed by atoms with Crippen molar-refractivity contribution >= 4 is 0 Å². The SMILES string of the molecule is C=C[C@H](O)C#CC#C[C@@H](O)CCO[C@@H]1O[C@H](CO)[C@@H](O)[C@H](O)[C@H]1O. The van der Waals surface area contributed by atoms with E-state index in [1.807, 2.05) is 0 Å². The van der Waals surface area contributed by atoms with Crippen molar-refractivity contribution in [2.75, 3.05) is 13.2 Å². The van der Waals surface area contributed by atoms with Crippen LogP contribution in [0.2, 0.25) is 0 Å². The molecule has 7 atom stereocenters. The summed E-state index contributed by atoms with van der Waals surface area (Å²) in [6, 6.07) is 0. The Morgan fingerprint density at radius 1 is 1.08 bits per heavy atom. The molecule has 6 N–H and O–H groups in total. The van der Waals surface area contributed by atoms with E-state index in [9.17, 15) is 20.4 Å². The summed E-state index contributed by atoms with van der Waals surface area (Å²) in [5.74, 6) is 9.50. The Bertz CT molecular complexity index is 512. The second-order valence-corrected chi connectivity index (χ2v) is 5.09. The molecule has 0 radical (unpaired) electrons. The molecule has 0 aromatic heterocycles. The van der Waals surface area contributed by atoms with Gasteiger partial charge in [-0.05, 0) is 11.8 Å². The number of aliphatic hydroxyl groups excluding tert-OH is 6. The van der Waals surface area contributed by atoms with E-state index in [1.54, 1.807) is 0 Å². The van der Waals surface area contributed by atoms with Crippen molar-refractivity contribution in [2.24, 2.45) is 0 Å². The molecule has 1 aliphatic heterocycles. The standard InChI is InChI=1S/C16H22O8/c1-2-10(18)5-3-4-6-11(19)7-8-23-16-15(22)14(21)13(20)12(9-17)24-16/h2,10-22H,1,7-9H2/t10-,11+,12+,13+,14-,15+,16+/m0/s1. The predicted molar refractivity (Wildman–Crippen MR) is 82.1 cm³/mol. The summed E-state index contributed by atoms with van der Waals surface area (Å²) in [5.41, 5.74) is 0. The quantitative estimate of drug-likeness (QED) is 0.223. The molecule has 0 amide bonds. The average molecular weight is 342 g/mol. The molecule has 8 heteroatoms. The number of rotatable bonds is 6. The van der Waals surface area contributed by atoms with E-state index in [-0.39, 0.29) is 13.0 Å². The zero-order valence-corrected chi connectivity index (χ0v) is 12.9. The minimum Gasteiger partial charge on any atom is -0.394 e. The first-order chi connectivity index (χ1) is 11.4. The van der Waals surface area contributed by atoms with Crippen LogP contribution in [-0.2, 0) is 9.47 Å². The molecule has 1 rings (SSSR count). The highest BCUT2D eigenvalue weighted by atomic mass is 16.7. The summed E-state index contributed by atoms with van der Waals surface area (Å²) in [6.07, 6.45) is -7.48. The highest BCUT2D eigenvalue weighted by Gasteiger charge is 2.43. The van der Waals surface area contributed by atoms with Crippen LogP contribution >= 0.6 is 0 Å². The lowest BCUT2D eigenvalue weighted by molar-refractivity contribution is -0.301. The highest BCUT2D eigenvalue weighted by molar-refractivity contribution is 5.29. The fraction of sp³-hybridized carbons (Fsp3) is 0.625. The molecule has 0 saturated carbocycles. The van der Waals surface area contributed by atoms with E-state index in [0.29, 0.717) is 0 Å². The van der Waals surface area contributed by atoms with Crippen LogP contribution in [0.15, 0.2) is 12.7 Å². The Balaban J connectivity index is 2.41. The normalized spacial score (nSPS) is 31.8. The van der Waals surface area contributed by atoms with E-state index >= 15 is 0 Å². The van der Waals surface area contributed by atoms with Crippen molar-refractivity contribution in [3.05, 3.63) is 12.7 Å². The van der Waals surface area contributed by atoms with Gasteiger partial charge in [-0.1, -0.05) is 24.5 Å². The van der Waals surface area contributed by atoms with Gasteiger partial charge in [0.1, 0.15) is 36.6 Å². The Hall–Kier alpha value is -1.46. The average Bonchev–Trinajstić information content (AvgIpc) is 2.58. The number of ether oxygens (including phenoxy) is 2. The molecular formula is C16H22O8. The van der Waals surface area contributed by atoms with Gasteiger partial charge in [-0.15, -0.1) is 0 Å². The molecule has 0 bridgehead atoms. The van der Waals surface area contributed by atoms with Crippen molar-refractivity contribution < 1.29 is 40.1 Å². The minimum atomic E-state index is -1.52. The van der Waals surface area contributed by atoms with Crippen LogP contribution in [0, 0.1) is 23.7 Å². The molecule has 0 spiro atoms. The van der Waals surface area contributed by atoms with Crippen molar-refractivity contribution in [3.8, 4) is 23.7 Å². The van der Waals surface area contributed by atoms with E-state index in [2.05, 4.69) is 30.3 Å². The highest BCUT2D eigenvalue weighted by Crippen LogP contribution is 2.22. The number of hydrogen-bond acceptors (Lipinski definition) is 8. The molecule has 1 aliphatic rings. The third-order valence-electron chi connectivity index (χ3n) is 3.27. The molecule has 0 unspecified atom stereocenters. The number of aliphatic hydroxyl groups is 6. The lowest BCUT2D eigenvalue weighted by Crippen LogP contribution is -2.59. The molecule has 1 heterocycles. The van der Waals surface area contributed by atoms with Crippen molar-refractivity contribution in [1.29, 1.82) is 0 Å². The second kappa shape index (κ2) is 10.4. The largest absolute Gasteiger partial charge is 0.394 e. The smallest absolute Gasteiger partial charge is 0.186 e. The molecule has 24 heavy (non-hydrogen) atoms. The summed E-state index contributed by atoms with van der Waals surface area (Å²) in [5, 5.41) is 56.7. The van der Waals surface area contributed by atoms with Gasteiger partial charge >= 0.3 is 0 Å². The van der Waals surface area contributed by atoms with Crippen LogP contribution in [0.3, 0.4) is 0 Å². The van der Waals surface area contributed by atoms with Crippen molar-refractivity contribution in [2.45, 2.75) is 49.3 Å². The van der Waals surface area contributed by atoms with Crippen LogP contribution in [0.1, 0.15) is 6.42 Å². The molecule has 0 aromatic rings. The van der Waals surface area contributed by atoms with E-state index in [1.165, 1.54) is 6.08 Å². The molecule has 0 aliphatic carbocycles. The third-order valence-corrected chi connectivity index (χ3v) is 3.27. The summed E-state index contributed by atoms with van der Waals surface area (Å²) in [7, 11) is 0. The first-order valence-corrected chi connectivity index (χ1v) is 7.32. The maximum atomic E-state index is 9.75. The Labute approximate surface area is 140 Å². The van der Waals surface area contributed by atoms with Crippen LogP contribution in [0.5, 0.6) is 0 Å². The van der Waals surface area contributed by atoms with Gasteiger partial charge in [0.05, 0.1) is 13.2 Å². The molecule has 0 aromatic carbocycles. The summed E-state index contributed by atoms with van der Waals surface area (Å²) < 4.78 is 10.3. The van der Waals surface area contributed by atoms with Crippen molar-refractivity contribution in [1.82, 2.24) is 0 Å². The van der Waals surface area contributed by atoms with Gasteiger partial charge < -0.3 is 40.1 Å². The Morgan fingerprint density at radius 3 is 2.38 bits per heavy atom. The maximum Gasteiger partial charge on any atom is 0.186 e. The van der Waals surface area contributed by atoms with E-state index < -0.39 is 49.5 Å². The van der Waals surface area contributed by atoms with Crippen LogP contribution in [0.4, 0.5) is 0 Å². The van der Waals surface area contributed by atoms with Crippen LogP contribution in [0.25, 0.3) is 0 Å². The van der Waals surface area contributed by atoms with Gasteiger partial charge in [-0.25, -0.2) is 0 Å². The van der Waals surface area contributed by atoms with Crippen LogP contribution < -0.4 is 0 Å². The molecule has 8 nitrogen and oxygen atoms in total. The lowest BCUT2D eigenvalue weighted by Gasteiger charge is -2.39. The zero-order valence-electron chi connectivity index (χ0n) is 12.9. The lowest BCUT2D eigenvalue weighted by atomic mass is 9.99. The molecule has 134 valence electrons. The summed E-state index contributed by atoms with van der Waals surface area (Å²) >= 11 is 0. The summed E-state index contributed by atoms with van der Waals surface area (Å²) in [4.78, 5) is 0. The number of hydrogen-bond donors (Lipinski definition) is 6. The fourth-order valence-electron chi connectivity index (χ4n) is 1.86. The van der Waals surface area contributed by atoms with Gasteiger partial charge in [0.15, 0.2) is 6.29 Å².